The quantitative estimate of drug-likeness (QED) is 0.603. The van der Waals surface area contributed by atoms with Gasteiger partial charge in [0, 0.05) is 44.5 Å². The fourth-order valence-electron chi connectivity index (χ4n) is 2.92. The van der Waals surface area contributed by atoms with Crippen LogP contribution in [0.15, 0.2) is 36.5 Å². The lowest BCUT2D eigenvalue weighted by Crippen LogP contribution is -2.47. The van der Waals surface area contributed by atoms with E-state index in [1.165, 1.54) is 18.2 Å². The number of rotatable bonds is 3. The van der Waals surface area contributed by atoms with Crippen LogP contribution in [-0.2, 0) is 6.18 Å². The van der Waals surface area contributed by atoms with Crippen LogP contribution in [0.3, 0.4) is 0 Å². The van der Waals surface area contributed by atoms with E-state index < -0.39 is 16.7 Å². The fourth-order valence-corrected chi connectivity index (χ4v) is 2.92. The summed E-state index contributed by atoms with van der Waals surface area (Å²) in [4.78, 5) is 18.0. The first-order valence-electron chi connectivity index (χ1n) is 8.01. The van der Waals surface area contributed by atoms with Gasteiger partial charge in [0.2, 0.25) is 0 Å². The maximum atomic E-state index is 12.6. The van der Waals surface area contributed by atoms with Crippen molar-refractivity contribution in [2.75, 3.05) is 36.0 Å². The molecule has 1 aliphatic heterocycles. The minimum atomic E-state index is -4.42. The highest BCUT2D eigenvalue weighted by Crippen LogP contribution is 2.30. The Bertz CT molecular complexity index is 885. The number of hydrogen-bond acceptors (Lipinski definition) is 6. The first-order chi connectivity index (χ1) is 12.8. The second-order valence-electron chi connectivity index (χ2n) is 5.95. The summed E-state index contributed by atoms with van der Waals surface area (Å²) in [6, 6.07) is 8.44. The minimum absolute atomic E-state index is 0.150. The number of anilines is 2. The maximum Gasteiger partial charge on any atom is 0.417 e. The zero-order valence-electron chi connectivity index (χ0n) is 14.0. The van der Waals surface area contributed by atoms with E-state index in [-0.39, 0.29) is 11.3 Å². The van der Waals surface area contributed by atoms with E-state index in [4.69, 9.17) is 0 Å². The summed E-state index contributed by atoms with van der Waals surface area (Å²) >= 11 is 0. The smallest absolute Gasteiger partial charge is 0.367 e. The second-order valence-corrected chi connectivity index (χ2v) is 5.95. The number of aromatic nitrogens is 1. The van der Waals surface area contributed by atoms with Crippen molar-refractivity contribution in [2.24, 2.45) is 0 Å². The standard InChI is InChI=1S/C17H14F3N5O2/c18-17(19,20)13-1-4-16(22-11-13)24-7-5-23(6-8-24)15-3-2-14(25(26)27)9-12(15)10-21/h1-4,9,11H,5-8H2. The summed E-state index contributed by atoms with van der Waals surface area (Å²) in [6.45, 7) is 2.02. The van der Waals surface area contributed by atoms with Crippen molar-refractivity contribution in [1.29, 1.82) is 5.26 Å². The molecule has 0 bridgehead atoms. The molecule has 27 heavy (non-hydrogen) atoms. The van der Waals surface area contributed by atoms with Gasteiger partial charge in [-0.05, 0) is 18.2 Å². The molecule has 140 valence electrons. The van der Waals surface area contributed by atoms with E-state index in [0.717, 1.165) is 12.3 Å². The third kappa shape index (κ3) is 3.92. The van der Waals surface area contributed by atoms with Gasteiger partial charge in [-0.25, -0.2) is 4.98 Å². The maximum absolute atomic E-state index is 12.6. The molecule has 0 aliphatic carbocycles. The van der Waals surface area contributed by atoms with Gasteiger partial charge in [-0.15, -0.1) is 0 Å². The van der Waals surface area contributed by atoms with E-state index in [2.05, 4.69) is 4.98 Å². The third-order valence-corrected chi connectivity index (χ3v) is 4.33. The Balaban J connectivity index is 1.71. The number of hydrogen-bond donors (Lipinski definition) is 0. The molecule has 0 amide bonds. The van der Waals surface area contributed by atoms with Crippen molar-refractivity contribution in [3.05, 3.63) is 57.8 Å². The van der Waals surface area contributed by atoms with Crippen LogP contribution in [0.4, 0.5) is 30.4 Å². The number of halogens is 3. The molecule has 0 spiro atoms. The van der Waals surface area contributed by atoms with Crippen LogP contribution >= 0.6 is 0 Å². The Morgan fingerprint density at radius 3 is 2.30 bits per heavy atom. The molecule has 0 N–H and O–H groups in total. The third-order valence-electron chi connectivity index (χ3n) is 4.33. The number of piperazine rings is 1. The molecule has 0 unspecified atom stereocenters. The van der Waals surface area contributed by atoms with Crippen molar-refractivity contribution in [3.63, 3.8) is 0 Å². The molecular formula is C17H14F3N5O2. The van der Waals surface area contributed by atoms with Crippen molar-refractivity contribution >= 4 is 17.2 Å². The molecule has 10 heteroatoms. The van der Waals surface area contributed by atoms with E-state index in [9.17, 15) is 28.5 Å². The van der Waals surface area contributed by atoms with Gasteiger partial charge in [0.1, 0.15) is 11.9 Å². The molecule has 0 radical (unpaired) electrons. The average molecular weight is 377 g/mol. The number of pyridine rings is 1. The van der Waals surface area contributed by atoms with Gasteiger partial charge in [0.15, 0.2) is 0 Å². The van der Waals surface area contributed by atoms with Crippen LogP contribution in [0.1, 0.15) is 11.1 Å². The monoisotopic (exact) mass is 377 g/mol. The number of benzene rings is 1. The molecule has 7 nitrogen and oxygen atoms in total. The zero-order valence-corrected chi connectivity index (χ0v) is 14.0. The Morgan fingerprint density at radius 2 is 1.78 bits per heavy atom. The van der Waals surface area contributed by atoms with Crippen molar-refractivity contribution in [3.8, 4) is 6.07 Å². The number of non-ortho nitro benzene ring substituents is 1. The number of nitro groups is 1. The first kappa shape index (κ1) is 18.4. The summed E-state index contributed by atoms with van der Waals surface area (Å²) in [5, 5.41) is 20.1. The molecule has 1 aromatic carbocycles. The first-order valence-corrected chi connectivity index (χ1v) is 8.01. The van der Waals surface area contributed by atoms with Gasteiger partial charge in [-0.1, -0.05) is 0 Å². The van der Waals surface area contributed by atoms with Gasteiger partial charge < -0.3 is 9.80 Å². The topological polar surface area (TPSA) is 86.3 Å². The lowest BCUT2D eigenvalue weighted by Gasteiger charge is -2.37. The zero-order chi connectivity index (χ0) is 19.6. The molecule has 0 saturated carbocycles. The Labute approximate surface area is 152 Å². The van der Waals surface area contributed by atoms with Crippen LogP contribution < -0.4 is 9.80 Å². The number of alkyl halides is 3. The van der Waals surface area contributed by atoms with E-state index >= 15 is 0 Å². The molecule has 3 rings (SSSR count). The van der Waals surface area contributed by atoms with Crippen LogP contribution in [0.2, 0.25) is 0 Å². The minimum Gasteiger partial charge on any atom is -0.367 e. The van der Waals surface area contributed by atoms with Crippen molar-refractivity contribution in [2.45, 2.75) is 6.18 Å². The lowest BCUT2D eigenvalue weighted by atomic mass is 10.1. The predicted octanol–water partition coefficient (Wildman–Crippen LogP) is 3.21. The Hall–Kier alpha value is -3.35. The molecule has 1 aromatic heterocycles. The SMILES string of the molecule is N#Cc1cc([N+](=O)[O-])ccc1N1CCN(c2ccc(C(F)(F)F)cn2)CC1. The summed E-state index contributed by atoms with van der Waals surface area (Å²) in [7, 11) is 0. The fraction of sp³-hybridized carbons (Fsp3) is 0.294. The highest BCUT2D eigenvalue weighted by Gasteiger charge is 2.31. The van der Waals surface area contributed by atoms with Crippen LogP contribution in [-0.4, -0.2) is 36.1 Å². The summed E-state index contributed by atoms with van der Waals surface area (Å²) in [6.07, 6.45) is -3.61. The Kier molecular flexibility index (Phi) is 4.85. The van der Waals surface area contributed by atoms with Crippen molar-refractivity contribution in [1.82, 2.24) is 4.98 Å². The summed E-state index contributed by atoms with van der Waals surface area (Å²) < 4.78 is 37.9. The highest BCUT2D eigenvalue weighted by atomic mass is 19.4. The van der Waals surface area contributed by atoms with Crippen molar-refractivity contribution < 1.29 is 18.1 Å². The number of nitriles is 1. The molecule has 2 heterocycles. The number of nitro benzene ring substituents is 1. The lowest BCUT2D eigenvalue weighted by molar-refractivity contribution is -0.384. The van der Waals surface area contributed by atoms with E-state index in [1.807, 2.05) is 15.9 Å². The second kappa shape index (κ2) is 7.11. The van der Waals surface area contributed by atoms with Crippen LogP contribution in [0.25, 0.3) is 0 Å². The van der Waals surface area contributed by atoms with Crippen LogP contribution in [0, 0.1) is 21.4 Å². The largest absolute Gasteiger partial charge is 0.417 e. The van der Waals surface area contributed by atoms with Gasteiger partial charge in [0.25, 0.3) is 5.69 Å². The molecule has 1 fully saturated rings. The van der Waals surface area contributed by atoms with Gasteiger partial charge in [0.05, 0.1) is 21.7 Å². The van der Waals surface area contributed by atoms with Gasteiger partial charge in [-0.3, -0.25) is 10.1 Å². The average Bonchev–Trinajstić information content (AvgIpc) is 2.67. The van der Waals surface area contributed by atoms with Gasteiger partial charge in [-0.2, -0.15) is 18.4 Å². The molecule has 1 saturated heterocycles. The summed E-state index contributed by atoms with van der Waals surface area (Å²) in [5.74, 6) is 0.451. The summed E-state index contributed by atoms with van der Waals surface area (Å²) in [5.41, 5.74) is -0.134. The number of nitrogens with zero attached hydrogens (tertiary/aromatic N) is 5. The Morgan fingerprint density at radius 1 is 1.11 bits per heavy atom. The van der Waals surface area contributed by atoms with Crippen LogP contribution in [0.5, 0.6) is 0 Å². The molecule has 0 atom stereocenters. The molecule has 2 aromatic rings. The molecule has 1 aliphatic rings. The van der Waals surface area contributed by atoms with E-state index in [1.54, 1.807) is 6.07 Å². The normalized spacial score (nSPS) is 14.7. The molecular weight excluding hydrogens is 363 g/mol. The van der Waals surface area contributed by atoms with E-state index in [0.29, 0.717) is 37.7 Å². The highest BCUT2D eigenvalue weighted by molar-refractivity contribution is 5.63. The predicted molar refractivity (Wildman–Crippen MR) is 91.5 cm³/mol. The van der Waals surface area contributed by atoms with Gasteiger partial charge >= 0.3 is 6.18 Å².